The van der Waals surface area contributed by atoms with Crippen LogP contribution in [0.3, 0.4) is 0 Å². The van der Waals surface area contributed by atoms with Gasteiger partial charge in [-0.15, -0.1) is 5.10 Å². The number of aromatic nitrogens is 2. The number of hydrogen-bond acceptors (Lipinski definition) is 6. The molecule has 0 aliphatic rings. The van der Waals surface area contributed by atoms with Gasteiger partial charge in [-0.2, -0.15) is 0 Å². The van der Waals surface area contributed by atoms with Crippen LogP contribution in [-0.2, 0) is 9.59 Å². The van der Waals surface area contributed by atoms with Crippen LogP contribution in [0.1, 0.15) is 28.2 Å². The van der Waals surface area contributed by atoms with Gasteiger partial charge in [0.1, 0.15) is 10.9 Å². The smallest absolute Gasteiger partial charge is 0.326 e. The maximum absolute atomic E-state index is 11.7. The zero-order valence-corrected chi connectivity index (χ0v) is 10.2. The van der Waals surface area contributed by atoms with Crippen LogP contribution in [0, 0.1) is 6.92 Å². The maximum atomic E-state index is 11.7. The standard InChI is InChI=1S/C9H11N3O5S/c1-4-7(18-12-11-4)8(15)10-5(9(16)17)2-3-6(13)14/h5H,2-3H2,1H3,(H,10,15)(H,13,14)(H,16,17)/t5-/m0/s1. The average molecular weight is 273 g/mol. The van der Waals surface area contributed by atoms with Gasteiger partial charge >= 0.3 is 11.9 Å². The van der Waals surface area contributed by atoms with E-state index in [1.54, 1.807) is 6.92 Å². The van der Waals surface area contributed by atoms with Crippen LogP contribution < -0.4 is 5.32 Å². The Bertz CT molecular complexity index is 473. The molecule has 9 heteroatoms. The summed E-state index contributed by atoms with van der Waals surface area (Å²) in [5.41, 5.74) is 0.403. The Labute approximate surface area is 106 Å². The van der Waals surface area contributed by atoms with E-state index in [4.69, 9.17) is 10.2 Å². The lowest BCUT2D eigenvalue weighted by molar-refractivity contribution is -0.140. The van der Waals surface area contributed by atoms with Gasteiger partial charge in [-0.1, -0.05) is 4.49 Å². The highest BCUT2D eigenvalue weighted by Gasteiger charge is 2.23. The summed E-state index contributed by atoms with van der Waals surface area (Å²) < 4.78 is 3.56. The lowest BCUT2D eigenvalue weighted by Gasteiger charge is -2.12. The fourth-order valence-electron chi connectivity index (χ4n) is 1.19. The Morgan fingerprint density at radius 1 is 1.39 bits per heavy atom. The van der Waals surface area contributed by atoms with E-state index in [2.05, 4.69) is 14.9 Å². The van der Waals surface area contributed by atoms with Crippen molar-refractivity contribution in [2.75, 3.05) is 0 Å². The van der Waals surface area contributed by atoms with Crippen molar-refractivity contribution in [1.82, 2.24) is 14.9 Å². The lowest BCUT2D eigenvalue weighted by atomic mass is 10.1. The summed E-state index contributed by atoms with van der Waals surface area (Å²) in [4.78, 5) is 33.2. The number of rotatable bonds is 6. The van der Waals surface area contributed by atoms with Gasteiger partial charge in [-0.05, 0) is 24.9 Å². The van der Waals surface area contributed by atoms with Crippen molar-refractivity contribution in [2.45, 2.75) is 25.8 Å². The fourth-order valence-corrected chi connectivity index (χ4v) is 1.75. The first-order valence-electron chi connectivity index (χ1n) is 4.96. The number of aryl methyl sites for hydroxylation is 1. The Morgan fingerprint density at radius 3 is 2.50 bits per heavy atom. The van der Waals surface area contributed by atoms with Gasteiger partial charge < -0.3 is 15.5 Å². The van der Waals surface area contributed by atoms with Gasteiger partial charge in [0.25, 0.3) is 5.91 Å². The monoisotopic (exact) mass is 273 g/mol. The van der Waals surface area contributed by atoms with E-state index in [0.717, 1.165) is 11.5 Å². The van der Waals surface area contributed by atoms with E-state index in [0.29, 0.717) is 5.69 Å². The highest BCUT2D eigenvalue weighted by Crippen LogP contribution is 2.09. The normalized spacial score (nSPS) is 11.8. The second-order valence-corrected chi connectivity index (χ2v) is 4.24. The molecule has 1 rings (SSSR count). The number of hydrogen-bond donors (Lipinski definition) is 3. The van der Waals surface area contributed by atoms with Crippen LogP contribution in [-0.4, -0.2) is 43.7 Å². The number of nitrogens with zero attached hydrogens (tertiary/aromatic N) is 2. The molecule has 0 fully saturated rings. The largest absolute Gasteiger partial charge is 0.481 e. The lowest BCUT2D eigenvalue weighted by Crippen LogP contribution is -2.41. The maximum Gasteiger partial charge on any atom is 0.326 e. The first-order chi connectivity index (χ1) is 8.41. The van der Waals surface area contributed by atoms with E-state index in [9.17, 15) is 14.4 Å². The summed E-state index contributed by atoms with van der Waals surface area (Å²) in [5, 5.41) is 23.2. The first-order valence-corrected chi connectivity index (χ1v) is 5.73. The van der Waals surface area contributed by atoms with Crippen molar-refractivity contribution in [2.24, 2.45) is 0 Å². The third kappa shape index (κ3) is 3.77. The van der Waals surface area contributed by atoms with Crippen molar-refractivity contribution < 1.29 is 24.6 Å². The van der Waals surface area contributed by atoms with Crippen molar-refractivity contribution in [3.8, 4) is 0 Å². The quantitative estimate of drug-likeness (QED) is 0.659. The second kappa shape index (κ2) is 6.05. The van der Waals surface area contributed by atoms with Crippen molar-refractivity contribution in [3.05, 3.63) is 10.6 Å². The summed E-state index contributed by atoms with van der Waals surface area (Å²) in [7, 11) is 0. The predicted molar refractivity (Wildman–Crippen MR) is 60.4 cm³/mol. The third-order valence-corrected chi connectivity index (χ3v) is 2.93. The molecule has 1 atom stereocenters. The van der Waals surface area contributed by atoms with Crippen molar-refractivity contribution in [1.29, 1.82) is 0 Å². The molecule has 0 aliphatic carbocycles. The first kappa shape index (κ1) is 14.0. The Hall–Kier alpha value is -2.03. The molecule has 1 aromatic heterocycles. The predicted octanol–water partition coefficient (Wildman–Crippen LogP) is -0.106. The minimum atomic E-state index is -1.28. The molecule has 0 saturated carbocycles. The average Bonchev–Trinajstić information content (AvgIpc) is 2.69. The van der Waals surface area contributed by atoms with Crippen LogP contribution in [0.2, 0.25) is 0 Å². The molecule has 0 unspecified atom stereocenters. The number of carboxylic acids is 2. The minimum Gasteiger partial charge on any atom is -0.481 e. The molecule has 0 aromatic carbocycles. The van der Waals surface area contributed by atoms with Crippen LogP contribution in [0.25, 0.3) is 0 Å². The minimum absolute atomic E-state index is 0.179. The molecule has 1 heterocycles. The third-order valence-electron chi connectivity index (χ3n) is 2.11. The molecule has 3 N–H and O–H groups in total. The zero-order chi connectivity index (χ0) is 13.7. The molecule has 0 spiro atoms. The number of nitrogens with one attached hydrogen (secondary N) is 1. The molecular formula is C9H11N3O5S. The highest BCUT2D eigenvalue weighted by atomic mass is 32.1. The number of carbonyl (C=O) groups excluding carboxylic acids is 1. The molecule has 98 valence electrons. The van der Waals surface area contributed by atoms with Gasteiger partial charge in [0, 0.05) is 6.42 Å². The molecule has 18 heavy (non-hydrogen) atoms. The molecule has 1 amide bonds. The summed E-state index contributed by atoms with van der Waals surface area (Å²) in [6, 6.07) is -1.24. The van der Waals surface area contributed by atoms with Gasteiger partial charge in [-0.25, -0.2) is 4.79 Å². The van der Waals surface area contributed by atoms with Crippen LogP contribution in [0.15, 0.2) is 0 Å². The molecule has 0 bridgehead atoms. The summed E-state index contributed by atoms with van der Waals surface area (Å²) in [6.07, 6.45) is -0.515. The van der Waals surface area contributed by atoms with Crippen LogP contribution in [0.4, 0.5) is 0 Å². The zero-order valence-electron chi connectivity index (χ0n) is 9.41. The van der Waals surface area contributed by atoms with Gasteiger partial charge in [0.15, 0.2) is 0 Å². The van der Waals surface area contributed by atoms with Crippen LogP contribution in [0.5, 0.6) is 0 Å². The van der Waals surface area contributed by atoms with E-state index < -0.39 is 23.9 Å². The number of carbonyl (C=O) groups is 3. The summed E-state index contributed by atoms with van der Waals surface area (Å²) in [6.45, 7) is 1.57. The SMILES string of the molecule is Cc1nnsc1C(=O)N[C@@H](CCC(=O)O)C(=O)O. The summed E-state index contributed by atoms with van der Waals surface area (Å²) in [5.74, 6) is -3.01. The highest BCUT2D eigenvalue weighted by molar-refractivity contribution is 7.08. The Morgan fingerprint density at radius 2 is 2.06 bits per heavy atom. The molecular weight excluding hydrogens is 262 g/mol. The molecule has 0 saturated heterocycles. The van der Waals surface area contributed by atoms with Gasteiger partial charge in [0.05, 0.1) is 5.69 Å². The molecule has 8 nitrogen and oxygen atoms in total. The molecule has 0 radical (unpaired) electrons. The van der Waals surface area contributed by atoms with Gasteiger partial charge in [-0.3, -0.25) is 9.59 Å². The fraction of sp³-hybridized carbons (Fsp3) is 0.444. The second-order valence-electron chi connectivity index (χ2n) is 3.48. The van der Waals surface area contributed by atoms with E-state index in [1.165, 1.54) is 0 Å². The summed E-state index contributed by atoms with van der Waals surface area (Å²) >= 11 is 0.853. The molecule has 1 aromatic rings. The van der Waals surface area contributed by atoms with E-state index in [-0.39, 0.29) is 17.7 Å². The number of carboxylic acid groups (broad SMARTS) is 2. The van der Waals surface area contributed by atoms with E-state index in [1.807, 2.05) is 0 Å². The Kier molecular flexibility index (Phi) is 4.72. The molecule has 0 aliphatic heterocycles. The number of amides is 1. The van der Waals surface area contributed by atoms with E-state index >= 15 is 0 Å². The Balaban J connectivity index is 2.67. The van der Waals surface area contributed by atoms with Crippen molar-refractivity contribution >= 4 is 29.4 Å². The topological polar surface area (TPSA) is 129 Å². The van der Waals surface area contributed by atoms with Crippen LogP contribution >= 0.6 is 11.5 Å². The number of aliphatic carboxylic acids is 2. The van der Waals surface area contributed by atoms with Crippen molar-refractivity contribution in [3.63, 3.8) is 0 Å². The van der Waals surface area contributed by atoms with Gasteiger partial charge in [0.2, 0.25) is 0 Å².